The van der Waals surface area contributed by atoms with Crippen molar-refractivity contribution < 1.29 is 24.5 Å². The van der Waals surface area contributed by atoms with Crippen LogP contribution < -0.4 is 5.32 Å². The number of carbonyl (C=O) groups excluding carboxylic acids is 1. The van der Waals surface area contributed by atoms with Crippen LogP contribution in [0.25, 0.3) is 10.9 Å². The first-order valence-electron chi connectivity index (χ1n) is 10.3. The fourth-order valence-electron chi connectivity index (χ4n) is 3.83. The van der Waals surface area contributed by atoms with Crippen molar-refractivity contribution in [1.82, 2.24) is 9.88 Å². The molecular weight excluding hydrogens is 432 g/mol. The van der Waals surface area contributed by atoms with Gasteiger partial charge >= 0.3 is 5.97 Å². The van der Waals surface area contributed by atoms with Crippen molar-refractivity contribution in [2.24, 2.45) is 7.05 Å². The molecule has 0 aliphatic heterocycles. The molecule has 7 nitrogen and oxygen atoms in total. The highest BCUT2D eigenvalue weighted by Crippen LogP contribution is 2.28. The SMILES string of the molecule is COCCC(C(=O)O)c1ccc([C@@H](CO)NC(=O)c2cc3c(Cl)cc(C)cc3n2C)cc1. The van der Waals surface area contributed by atoms with E-state index in [2.05, 4.69) is 5.32 Å². The van der Waals surface area contributed by atoms with E-state index in [4.69, 9.17) is 16.3 Å². The van der Waals surface area contributed by atoms with E-state index in [1.165, 1.54) is 7.11 Å². The van der Waals surface area contributed by atoms with Crippen LogP contribution in [0.1, 0.15) is 45.6 Å². The zero-order valence-corrected chi connectivity index (χ0v) is 19.0. The first-order chi connectivity index (χ1) is 15.3. The summed E-state index contributed by atoms with van der Waals surface area (Å²) in [6.45, 7) is 1.97. The molecule has 0 saturated heterocycles. The Bertz CT molecular complexity index is 1120. The van der Waals surface area contributed by atoms with Gasteiger partial charge in [0.05, 0.1) is 29.1 Å². The largest absolute Gasteiger partial charge is 0.481 e. The third-order valence-electron chi connectivity index (χ3n) is 5.63. The average molecular weight is 459 g/mol. The van der Waals surface area contributed by atoms with Crippen LogP contribution in [-0.2, 0) is 16.6 Å². The van der Waals surface area contributed by atoms with E-state index in [0.717, 1.165) is 16.5 Å². The van der Waals surface area contributed by atoms with Crippen LogP contribution in [0.4, 0.5) is 0 Å². The van der Waals surface area contributed by atoms with Crippen molar-refractivity contribution in [1.29, 1.82) is 0 Å². The van der Waals surface area contributed by atoms with Crippen molar-refractivity contribution >= 4 is 34.4 Å². The van der Waals surface area contributed by atoms with E-state index in [1.807, 2.05) is 19.1 Å². The lowest BCUT2D eigenvalue weighted by Gasteiger charge is -2.18. The second kappa shape index (κ2) is 10.2. The third kappa shape index (κ3) is 4.96. The predicted molar refractivity (Wildman–Crippen MR) is 123 cm³/mol. The molecule has 3 aromatic rings. The summed E-state index contributed by atoms with van der Waals surface area (Å²) in [5.74, 6) is -1.95. The van der Waals surface area contributed by atoms with Crippen LogP contribution in [0.15, 0.2) is 42.5 Å². The molecule has 2 aromatic carbocycles. The normalized spacial score (nSPS) is 13.2. The molecule has 2 atom stereocenters. The maximum atomic E-state index is 13.0. The van der Waals surface area contributed by atoms with Crippen molar-refractivity contribution in [3.8, 4) is 0 Å². The zero-order chi connectivity index (χ0) is 23.4. The highest BCUT2D eigenvalue weighted by atomic mass is 35.5. The van der Waals surface area contributed by atoms with Gasteiger partial charge in [-0.05, 0) is 48.2 Å². The summed E-state index contributed by atoms with van der Waals surface area (Å²) in [5, 5.41) is 23.6. The summed E-state index contributed by atoms with van der Waals surface area (Å²) in [6.07, 6.45) is 0.356. The molecule has 1 aromatic heterocycles. The highest BCUT2D eigenvalue weighted by molar-refractivity contribution is 6.35. The molecule has 1 amide bonds. The third-order valence-corrected chi connectivity index (χ3v) is 5.94. The first-order valence-corrected chi connectivity index (χ1v) is 10.6. The number of benzene rings is 2. The minimum Gasteiger partial charge on any atom is -0.481 e. The second-order valence-corrected chi connectivity index (χ2v) is 8.22. The highest BCUT2D eigenvalue weighted by Gasteiger charge is 2.22. The van der Waals surface area contributed by atoms with Gasteiger partial charge in [-0.2, -0.15) is 0 Å². The molecule has 32 heavy (non-hydrogen) atoms. The summed E-state index contributed by atoms with van der Waals surface area (Å²) >= 11 is 6.34. The van der Waals surface area contributed by atoms with Crippen molar-refractivity contribution in [3.05, 3.63) is 69.9 Å². The minimum absolute atomic E-state index is 0.305. The lowest BCUT2D eigenvalue weighted by Crippen LogP contribution is -2.32. The number of nitrogens with zero attached hydrogens (tertiary/aromatic N) is 1. The molecule has 8 heteroatoms. The van der Waals surface area contributed by atoms with Crippen LogP contribution >= 0.6 is 11.6 Å². The Balaban J connectivity index is 1.81. The van der Waals surface area contributed by atoms with E-state index in [-0.39, 0.29) is 12.5 Å². The van der Waals surface area contributed by atoms with Gasteiger partial charge < -0.3 is 24.8 Å². The molecule has 170 valence electrons. The van der Waals surface area contributed by atoms with Crippen LogP contribution in [0.2, 0.25) is 5.02 Å². The van der Waals surface area contributed by atoms with E-state index >= 15 is 0 Å². The number of aryl methyl sites for hydroxylation is 2. The van der Waals surface area contributed by atoms with Gasteiger partial charge in [0.1, 0.15) is 5.69 Å². The lowest BCUT2D eigenvalue weighted by molar-refractivity contribution is -0.139. The van der Waals surface area contributed by atoms with Gasteiger partial charge in [-0.3, -0.25) is 9.59 Å². The quantitative estimate of drug-likeness (QED) is 0.452. The second-order valence-electron chi connectivity index (χ2n) is 7.82. The molecule has 0 aliphatic carbocycles. The maximum Gasteiger partial charge on any atom is 0.311 e. The number of halogens is 1. The van der Waals surface area contributed by atoms with E-state index in [1.54, 1.807) is 41.9 Å². The van der Waals surface area contributed by atoms with Crippen LogP contribution in [-0.4, -0.2) is 47.0 Å². The molecule has 1 heterocycles. The Labute approximate surface area is 191 Å². The Morgan fingerprint density at radius 2 is 1.81 bits per heavy atom. The van der Waals surface area contributed by atoms with Gasteiger partial charge in [0.2, 0.25) is 0 Å². The molecule has 3 rings (SSSR count). The van der Waals surface area contributed by atoms with Crippen LogP contribution in [0, 0.1) is 6.92 Å². The number of carbonyl (C=O) groups is 2. The number of aliphatic carboxylic acids is 1. The number of hydrogen-bond donors (Lipinski definition) is 3. The van der Waals surface area contributed by atoms with Crippen molar-refractivity contribution in [2.45, 2.75) is 25.3 Å². The van der Waals surface area contributed by atoms with Gasteiger partial charge in [0.15, 0.2) is 0 Å². The Hall–Kier alpha value is -2.87. The number of aliphatic hydroxyl groups excluding tert-OH is 1. The maximum absolute atomic E-state index is 13.0. The number of nitrogens with one attached hydrogen (secondary N) is 1. The Morgan fingerprint density at radius 1 is 1.16 bits per heavy atom. The van der Waals surface area contributed by atoms with Crippen LogP contribution in [0.5, 0.6) is 0 Å². The van der Waals surface area contributed by atoms with Crippen molar-refractivity contribution in [2.75, 3.05) is 20.3 Å². The van der Waals surface area contributed by atoms with E-state index < -0.39 is 17.9 Å². The zero-order valence-electron chi connectivity index (χ0n) is 18.3. The molecular formula is C24H27ClN2O5. The summed E-state index contributed by atoms with van der Waals surface area (Å²) in [6, 6.07) is 11.8. The molecule has 3 N–H and O–H groups in total. The van der Waals surface area contributed by atoms with Gasteiger partial charge in [0, 0.05) is 26.2 Å². The molecule has 0 bridgehead atoms. The predicted octanol–water partition coefficient (Wildman–Crippen LogP) is 3.81. The lowest BCUT2D eigenvalue weighted by atomic mass is 9.94. The summed E-state index contributed by atoms with van der Waals surface area (Å²) in [4.78, 5) is 24.5. The fourth-order valence-corrected chi connectivity index (χ4v) is 4.16. The number of hydrogen-bond acceptors (Lipinski definition) is 4. The van der Waals surface area contributed by atoms with E-state index in [0.29, 0.717) is 34.9 Å². The van der Waals surface area contributed by atoms with Gasteiger partial charge in [-0.15, -0.1) is 0 Å². The van der Waals surface area contributed by atoms with Gasteiger partial charge in [-0.25, -0.2) is 0 Å². The number of methoxy groups -OCH3 is 1. The fraction of sp³-hybridized carbons (Fsp3) is 0.333. The molecule has 0 aliphatic rings. The average Bonchev–Trinajstić information content (AvgIpc) is 3.09. The number of ether oxygens (including phenoxy) is 1. The standard InChI is InChI=1S/C24H27ClN2O5/c1-14-10-19(25)18-12-22(27(2)21(18)11-14)23(29)26-20(13-28)16-6-4-15(5-7-16)17(24(30)31)8-9-32-3/h4-7,10-12,17,20,28H,8-9,13H2,1-3H3,(H,26,29)(H,30,31)/t17?,20-/m1/s1. The number of fused-ring (bicyclic) bond motifs is 1. The Kier molecular flexibility index (Phi) is 7.56. The first kappa shape index (κ1) is 23.8. The molecule has 1 unspecified atom stereocenters. The van der Waals surface area contributed by atoms with Crippen LogP contribution in [0.3, 0.4) is 0 Å². The number of carboxylic acid groups (broad SMARTS) is 1. The minimum atomic E-state index is -0.925. The monoisotopic (exact) mass is 458 g/mol. The molecule has 0 radical (unpaired) electrons. The summed E-state index contributed by atoms with van der Waals surface area (Å²) < 4.78 is 6.77. The summed E-state index contributed by atoms with van der Waals surface area (Å²) in [5.41, 5.74) is 3.58. The Morgan fingerprint density at radius 3 is 2.41 bits per heavy atom. The molecule has 0 saturated carbocycles. The summed E-state index contributed by atoms with van der Waals surface area (Å²) in [7, 11) is 3.32. The molecule has 0 fully saturated rings. The number of carboxylic acids is 1. The topological polar surface area (TPSA) is 101 Å². The number of amides is 1. The van der Waals surface area contributed by atoms with Gasteiger partial charge in [0.25, 0.3) is 5.91 Å². The van der Waals surface area contributed by atoms with Gasteiger partial charge in [-0.1, -0.05) is 35.9 Å². The smallest absolute Gasteiger partial charge is 0.311 e. The van der Waals surface area contributed by atoms with E-state index in [9.17, 15) is 19.8 Å². The number of rotatable bonds is 9. The number of aliphatic hydroxyl groups is 1. The molecule has 0 spiro atoms. The van der Waals surface area contributed by atoms with Crippen molar-refractivity contribution in [3.63, 3.8) is 0 Å². The number of aromatic nitrogens is 1.